The second-order valence-electron chi connectivity index (χ2n) is 4.75. The molecule has 0 aliphatic carbocycles. The summed E-state index contributed by atoms with van der Waals surface area (Å²) in [5.41, 5.74) is 10.9. The standard InChI is InChI=1S/C13H18N2O2S.C2HF3O2/c1-9-6-10-7-11(16-4-2-14)12(17-5-3-15)8-13(10)18-9;3-2(4,5)1(6)7/h6-8H,2-5,14-15H2,1H3;(H,6,7)/p-1. The Labute approximate surface area is 146 Å². The number of carbonyl (C=O) groups excluding carboxylic acids is 1. The third-order valence-corrected chi connectivity index (χ3v) is 3.70. The van der Waals surface area contributed by atoms with Crippen LogP contribution in [0.1, 0.15) is 4.88 Å². The fourth-order valence-electron chi connectivity index (χ4n) is 1.74. The number of carboxylic acid groups (broad SMARTS) is 1. The van der Waals surface area contributed by atoms with Crippen molar-refractivity contribution in [3.63, 3.8) is 0 Å². The molecule has 0 aliphatic heterocycles. The highest BCUT2D eigenvalue weighted by molar-refractivity contribution is 7.19. The molecule has 1 aromatic heterocycles. The van der Waals surface area contributed by atoms with Gasteiger partial charge in [0.25, 0.3) is 0 Å². The Balaban J connectivity index is 0.000000381. The number of aryl methyl sites for hydroxylation is 1. The Morgan fingerprint density at radius 1 is 1.12 bits per heavy atom. The third kappa shape index (κ3) is 6.77. The lowest BCUT2D eigenvalue weighted by atomic mass is 10.2. The summed E-state index contributed by atoms with van der Waals surface area (Å²) in [6, 6.07) is 6.15. The summed E-state index contributed by atoms with van der Waals surface area (Å²) in [5, 5.41) is 9.96. The molecule has 0 atom stereocenters. The van der Waals surface area contributed by atoms with Gasteiger partial charge in [0.15, 0.2) is 11.5 Å². The van der Waals surface area contributed by atoms with Crippen LogP contribution >= 0.6 is 11.3 Å². The van der Waals surface area contributed by atoms with Crippen LogP contribution in [0, 0.1) is 6.92 Å². The first-order valence-electron chi connectivity index (χ1n) is 7.17. The fraction of sp³-hybridized carbons (Fsp3) is 0.400. The van der Waals surface area contributed by atoms with Gasteiger partial charge in [0.1, 0.15) is 19.2 Å². The first-order chi connectivity index (χ1) is 11.7. The van der Waals surface area contributed by atoms with Gasteiger partial charge in [-0.25, -0.2) is 0 Å². The molecule has 0 saturated heterocycles. The number of alkyl halides is 3. The first-order valence-corrected chi connectivity index (χ1v) is 7.98. The van der Waals surface area contributed by atoms with Gasteiger partial charge in [0.05, 0.1) is 0 Å². The lowest BCUT2D eigenvalue weighted by Crippen LogP contribution is -2.37. The second kappa shape index (κ2) is 9.44. The molecule has 0 aliphatic rings. The van der Waals surface area contributed by atoms with E-state index >= 15 is 0 Å². The molecule has 0 fully saturated rings. The van der Waals surface area contributed by atoms with E-state index in [1.807, 2.05) is 12.1 Å². The molecule has 6 nitrogen and oxygen atoms in total. The molecule has 4 N–H and O–H groups in total. The lowest BCUT2D eigenvalue weighted by molar-refractivity contribution is -0.344. The van der Waals surface area contributed by atoms with E-state index in [2.05, 4.69) is 13.0 Å². The van der Waals surface area contributed by atoms with Crippen molar-refractivity contribution in [3.05, 3.63) is 23.1 Å². The van der Waals surface area contributed by atoms with E-state index in [9.17, 15) is 13.2 Å². The minimum absolute atomic E-state index is 0.480. The molecule has 0 saturated carbocycles. The van der Waals surface area contributed by atoms with Crippen LogP contribution in [0.4, 0.5) is 13.2 Å². The van der Waals surface area contributed by atoms with Crippen molar-refractivity contribution in [2.24, 2.45) is 11.5 Å². The second-order valence-corrected chi connectivity index (χ2v) is 6.04. The number of fused-ring (bicyclic) bond motifs is 1. The van der Waals surface area contributed by atoms with Crippen LogP contribution in [0.15, 0.2) is 18.2 Å². The van der Waals surface area contributed by atoms with E-state index in [-0.39, 0.29) is 0 Å². The zero-order valence-corrected chi connectivity index (χ0v) is 14.2. The van der Waals surface area contributed by atoms with E-state index in [0.29, 0.717) is 26.3 Å². The molecule has 0 bridgehead atoms. The molecule has 0 spiro atoms. The van der Waals surface area contributed by atoms with Gasteiger partial charge in [0.2, 0.25) is 0 Å². The van der Waals surface area contributed by atoms with Gasteiger partial charge < -0.3 is 30.8 Å². The summed E-state index contributed by atoms with van der Waals surface area (Å²) in [6.45, 7) is 4.02. The van der Waals surface area contributed by atoms with E-state index in [0.717, 1.165) is 11.5 Å². The van der Waals surface area contributed by atoms with Crippen molar-refractivity contribution in [2.45, 2.75) is 13.1 Å². The number of nitrogens with two attached hydrogens (primary N) is 2. The van der Waals surface area contributed by atoms with Crippen LogP contribution in [-0.4, -0.2) is 38.4 Å². The van der Waals surface area contributed by atoms with E-state index < -0.39 is 12.1 Å². The van der Waals surface area contributed by atoms with Crippen LogP contribution in [0.2, 0.25) is 0 Å². The van der Waals surface area contributed by atoms with Gasteiger partial charge in [-0.05, 0) is 24.4 Å². The predicted octanol–water partition coefficient (Wildman–Crippen LogP) is 1.18. The molecule has 0 radical (unpaired) electrons. The number of aliphatic carboxylic acids is 1. The molecule has 0 amide bonds. The van der Waals surface area contributed by atoms with Gasteiger partial charge >= 0.3 is 6.18 Å². The average Bonchev–Trinajstić information content (AvgIpc) is 2.88. The molecule has 10 heteroatoms. The number of hydrogen-bond donors (Lipinski definition) is 2. The number of halogens is 3. The zero-order valence-electron chi connectivity index (χ0n) is 13.4. The van der Waals surface area contributed by atoms with Crippen LogP contribution < -0.4 is 26.0 Å². The molecule has 25 heavy (non-hydrogen) atoms. The molecule has 140 valence electrons. The maximum atomic E-state index is 10.5. The molecule has 2 rings (SSSR count). The maximum Gasteiger partial charge on any atom is 0.430 e. The fourth-order valence-corrected chi connectivity index (χ4v) is 2.68. The highest BCUT2D eigenvalue weighted by Gasteiger charge is 2.28. The summed E-state index contributed by atoms with van der Waals surface area (Å²) in [7, 11) is 0. The number of ether oxygens (including phenoxy) is 2. The SMILES string of the molecule is Cc1cc2cc(OCCN)c(OCCN)cc2s1.O=C([O-])C(F)(F)F. The Hall–Kier alpha value is -2.04. The summed E-state index contributed by atoms with van der Waals surface area (Å²) < 4.78 is 44.0. The summed E-state index contributed by atoms with van der Waals surface area (Å²) in [6.07, 6.45) is -5.19. The van der Waals surface area contributed by atoms with Crippen molar-refractivity contribution in [2.75, 3.05) is 26.3 Å². The molecule has 1 heterocycles. The topological polar surface area (TPSA) is 111 Å². The molecular formula is C15H18F3N2O4S-. The van der Waals surface area contributed by atoms with Gasteiger partial charge in [0, 0.05) is 28.7 Å². The zero-order chi connectivity index (χ0) is 19.0. The molecule has 0 unspecified atom stereocenters. The van der Waals surface area contributed by atoms with Gasteiger partial charge in [-0.2, -0.15) is 13.2 Å². The quantitative estimate of drug-likeness (QED) is 0.780. The van der Waals surface area contributed by atoms with E-state index in [1.165, 1.54) is 15.0 Å². The molecule has 2 aromatic rings. The minimum atomic E-state index is -5.19. The number of thiophene rings is 1. The average molecular weight is 379 g/mol. The largest absolute Gasteiger partial charge is 0.542 e. The first kappa shape index (κ1) is 21.0. The van der Waals surface area contributed by atoms with Gasteiger partial charge in [-0.15, -0.1) is 11.3 Å². The number of rotatable bonds is 6. The highest BCUT2D eigenvalue weighted by Crippen LogP contribution is 2.36. The monoisotopic (exact) mass is 379 g/mol. The Morgan fingerprint density at radius 3 is 2.04 bits per heavy atom. The molecule has 1 aromatic carbocycles. The predicted molar refractivity (Wildman–Crippen MR) is 86.7 cm³/mol. The van der Waals surface area contributed by atoms with Crippen molar-refractivity contribution in [1.82, 2.24) is 0 Å². The highest BCUT2D eigenvalue weighted by atomic mass is 32.1. The summed E-state index contributed by atoms with van der Waals surface area (Å²) in [4.78, 5) is 10.1. The van der Waals surface area contributed by atoms with Gasteiger partial charge in [-0.1, -0.05) is 0 Å². The van der Waals surface area contributed by atoms with Crippen molar-refractivity contribution < 1.29 is 32.5 Å². The van der Waals surface area contributed by atoms with Crippen LogP contribution in [0.5, 0.6) is 11.5 Å². The van der Waals surface area contributed by atoms with Crippen molar-refractivity contribution >= 4 is 27.4 Å². The third-order valence-electron chi connectivity index (χ3n) is 2.69. The van der Waals surface area contributed by atoms with Crippen LogP contribution in [0.3, 0.4) is 0 Å². The Kier molecular flexibility index (Phi) is 7.94. The van der Waals surface area contributed by atoms with Crippen LogP contribution in [-0.2, 0) is 4.79 Å². The number of benzene rings is 1. The van der Waals surface area contributed by atoms with Crippen LogP contribution in [0.25, 0.3) is 10.1 Å². The normalized spacial score (nSPS) is 11.0. The smallest absolute Gasteiger partial charge is 0.430 e. The minimum Gasteiger partial charge on any atom is -0.542 e. The number of carboxylic acids is 1. The number of hydrogen-bond acceptors (Lipinski definition) is 7. The Morgan fingerprint density at radius 2 is 1.60 bits per heavy atom. The summed E-state index contributed by atoms with van der Waals surface area (Å²) >= 11 is 1.74. The number of carbonyl (C=O) groups is 1. The lowest BCUT2D eigenvalue weighted by Gasteiger charge is -2.12. The van der Waals surface area contributed by atoms with Crippen molar-refractivity contribution in [3.8, 4) is 11.5 Å². The van der Waals surface area contributed by atoms with Crippen molar-refractivity contribution in [1.29, 1.82) is 0 Å². The van der Waals surface area contributed by atoms with E-state index in [1.54, 1.807) is 11.3 Å². The van der Waals surface area contributed by atoms with E-state index in [4.69, 9.17) is 30.8 Å². The Bertz CT molecular complexity index is 659. The maximum absolute atomic E-state index is 10.5. The van der Waals surface area contributed by atoms with Gasteiger partial charge in [-0.3, -0.25) is 0 Å². The molecular weight excluding hydrogens is 361 g/mol. The summed E-state index contributed by atoms with van der Waals surface area (Å²) in [5.74, 6) is -1.53.